The second kappa shape index (κ2) is 6.56. The summed E-state index contributed by atoms with van der Waals surface area (Å²) in [5.74, 6) is -1.11. The molecule has 0 unspecified atom stereocenters. The highest BCUT2D eigenvalue weighted by Crippen LogP contribution is 2.35. The van der Waals surface area contributed by atoms with E-state index in [0.29, 0.717) is 17.7 Å². The molecular weight excluding hydrogens is 290 g/mol. The number of Topliss-reactive ketones (excluding diaryl/α,β-unsaturated/α-hetero) is 1. The first kappa shape index (κ1) is 15.9. The van der Waals surface area contributed by atoms with Crippen LogP contribution in [0, 0.1) is 11.6 Å². The van der Waals surface area contributed by atoms with E-state index in [9.17, 15) is 13.6 Å². The highest BCUT2D eigenvalue weighted by molar-refractivity contribution is 5.94. The standard InChI is InChI=1S/C17H16F2O3/c1-4-11-8-16(21-3)17(9-13(11)18)22-15-6-5-12(10(2)20)7-14(15)19/h5-9H,4H2,1-3H3. The fourth-order valence-electron chi connectivity index (χ4n) is 2.01. The fourth-order valence-corrected chi connectivity index (χ4v) is 2.01. The number of carbonyl (C=O) groups is 1. The Bertz CT molecular complexity index is 711. The van der Waals surface area contributed by atoms with Crippen molar-refractivity contribution in [3.63, 3.8) is 0 Å². The largest absolute Gasteiger partial charge is 0.493 e. The van der Waals surface area contributed by atoms with Crippen LogP contribution in [0.5, 0.6) is 17.2 Å². The summed E-state index contributed by atoms with van der Waals surface area (Å²) in [6.45, 7) is 3.16. The van der Waals surface area contributed by atoms with Crippen molar-refractivity contribution in [3.8, 4) is 17.2 Å². The average Bonchev–Trinajstić information content (AvgIpc) is 2.49. The van der Waals surface area contributed by atoms with Crippen LogP contribution in [0.15, 0.2) is 30.3 Å². The molecule has 0 heterocycles. The summed E-state index contributed by atoms with van der Waals surface area (Å²) in [5.41, 5.74) is 0.723. The van der Waals surface area contributed by atoms with E-state index in [2.05, 4.69) is 0 Å². The van der Waals surface area contributed by atoms with Crippen molar-refractivity contribution < 1.29 is 23.0 Å². The lowest BCUT2D eigenvalue weighted by molar-refractivity contribution is 0.101. The van der Waals surface area contributed by atoms with Crippen LogP contribution >= 0.6 is 0 Å². The third kappa shape index (κ3) is 3.24. The first-order chi connectivity index (χ1) is 10.5. The molecule has 0 atom stereocenters. The summed E-state index contributed by atoms with van der Waals surface area (Å²) in [4.78, 5) is 11.2. The van der Waals surface area contributed by atoms with Crippen LogP contribution in [0.25, 0.3) is 0 Å². The second-order valence-corrected chi connectivity index (χ2v) is 4.75. The van der Waals surface area contributed by atoms with E-state index in [0.717, 1.165) is 12.1 Å². The molecule has 0 aliphatic carbocycles. The molecule has 0 saturated carbocycles. The summed E-state index contributed by atoms with van der Waals surface area (Å²) < 4.78 is 38.4. The number of ketones is 1. The summed E-state index contributed by atoms with van der Waals surface area (Å²) >= 11 is 0. The molecule has 0 amide bonds. The first-order valence-electron chi connectivity index (χ1n) is 6.81. The van der Waals surface area contributed by atoms with Gasteiger partial charge < -0.3 is 9.47 Å². The SMILES string of the molecule is CCc1cc(OC)c(Oc2ccc(C(C)=O)cc2F)cc1F. The van der Waals surface area contributed by atoms with E-state index in [-0.39, 0.29) is 22.8 Å². The fraction of sp³-hybridized carbons (Fsp3) is 0.235. The van der Waals surface area contributed by atoms with Crippen LogP contribution in [0.3, 0.4) is 0 Å². The molecule has 2 rings (SSSR count). The van der Waals surface area contributed by atoms with E-state index in [1.807, 2.05) is 6.92 Å². The molecule has 0 fully saturated rings. The Hall–Kier alpha value is -2.43. The lowest BCUT2D eigenvalue weighted by Gasteiger charge is -2.13. The number of halogens is 2. The number of aryl methyl sites for hydroxylation is 1. The zero-order valence-electron chi connectivity index (χ0n) is 12.6. The summed E-state index contributed by atoms with van der Waals surface area (Å²) in [6.07, 6.45) is 0.504. The molecule has 0 aromatic heterocycles. The molecule has 0 radical (unpaired) electrons. The van der Waals surface area contributed by atoms with Gasteiger partial charge in [-0.2, -0.15) is 0 Å². The van der Waals surface area contributed by atoms with Gasteiger partial charge in [-0.05, 0) is 43.2 Å². The Morgan fingerprint density at radius 2 is 1.77 bits per heavy atom. The molecule has 116 valence electrons. The van der Waals surface area contributed by atoms with Crippen LogP contribution < -0.4 is 9.47 Å². The number of benzene rings is 2. The van der Waals surface area contributed by atoms with E-state index in [4.69, 9.17) is 9.47 Å². The van der Waals surface area contributed by atoms with Gasteiger partial charge in [0.15, 0.2) is 28.8 Å². The smallest absolute Gasteiger partial charge is 0.172 e. The van der Waals surface area contributed by atoms with Crippen molar-refractivity contribution in [1.82, 2.24) is 0 Å². The zero-order valence-corrected chi connectivity index (χ0v) is 12.6. The first-order valence-corrected chi connectivity index (χ1v) is 6.81. The van der Waals surface area contributed by atoms with Gasteiger partial charge in [-0.1, -0.05) is 6.92 Å². The Morgan fingerprint density at radius 1 is 1.05 bits per heavy atom. The van der Waals surface area contributed by atoms with Crippen molar-refractivity contribution in [1.29, 1.82) is 0 Å². The molecule has 3 nitrogen and oxygen atoms in total. The molecule has 0 N–H and O–H groups in total. The van der Waals surface area contributed by atoms with Crippen molar-refractivity contribution in [2.45, 2.75) is 20.3 Å². The van der Waals surface area contributed by atoms with E-state index in [1.165, 1.54) is 32.2 Å². The van der Waals surface area contributed by atoms with Crippen molar-refractivity contribution in [3.05, 3.63) is 53.1 Å². The Balaban J connectivity index is 2.38. The molecule has 2 aromatic rings. The molecule has 0 saturated heterocycles. The predicted octanol–water partition coefficient (Wildman–Crippen LogP) is 4.53. The van der Waals surface area contributed by atoms with Gasteiger partial charge in [0, 0.05) is 11.6 Å². The molecule has 0 aliphatic heterocycles. The van der Waals surface area contributed by atoms with Crippen molar-refractivity contribution in [2.24, 2.45) is 0 Å². The number of rotatable bonds is 5. The monoisotopic (exact) mass is 306 g/mol. The minimum atomic E-state index is -0.699. The normalized spacial score (nSPS) is 10.4. The lowest BCUT2D eigenvalue weighted by Crippen LogP contribution is -1.98. The van der Waals surface area contributed by atoms with Gasteiger partial charge >= 0.3 is 0 Å². The molecular formula is C17H16F2O3. The Morgan fingerprint density at radius 3 is 2.32 bits per heavy atom. The van der Waals surface area contributed by atoms with Crippen molar-refractivity contribution >= 4 is 5.78 Å². The maximum absolute atomic E-state index is 14.0. The summed E-state index contributed by atoms with van der Waals surface area (Å²) in [5, 5.41) is 0. The lowest BCUT2D eigenvalue weighted by atomic mass is 10.1. The van der Waals surface area contributed by atoms with Crippen LogP contribution in [0.2, 0.25) is 0 Å². The van der Waals surface area contributed by atoms with Crippen LogP contribution in [-0.2, 0) is 6.42 Å². The number of methoxy groups -OCH3 is 1. The number of ether oxygens (including phenoxy) is 2. The van der Waals surface area contributed by atoms with Gasteiger partial charge in [0.05, 0.1) is 7.11 Å². The number of hydrogen-bond acceptors (Lipinski definition) is 3. The van der Waals surface area contributed by atoms with E-state index < -0.39 is 11.6 Å². The van der Waals surface area contributed by atoms with Crippen LogP contribution in [0.4, 0.5) is 8.78 Å². The zero-order chi connectivity index (χ0) is 16.3. The molecule has 0 spiro atoms. The third-order valence-corrected chi connectivity index (χ3v) is 3.27. The summed E-state index contributed by atoms with van der Waals surface area (Å²) in [6, 6.07) is 6.55. The second-order valence-electron chi connectivity index (χ2n) is 4.75. The van der Waals surface area contributed by atoms with Gasteiger partial charge in [-0.3, -0.25) is 4.79 Å². The van der Waals surface area contributed by atoms with Crippen LogP contribution in [-0.4, -0.2) is 12.9 Å². The van der Waals surface area contributed by atoms with Gasteiger partial charge in [0.2, 0.25) is 0 Å². The number of carbonyl (C=O) groups excluding carboxylic acids is 1. The number of hydrogen-bond donors (Lipinski definition) is 0. The minimum absolute atomic E-state index is 0.0756. The maximum Gasteiger partial charge on any atom is 0.172 e. The maximum atomic E-state index is 14.0. The molecule has 0 bridgehead atoms. The third-order valence-electron chi connectivity index (χ3n) is 3.27. The predicted molar refractivity (Wildman–Crippen MR) is 78.8 cm³/mol. The van der Waals surface area contributed by atoms with Gasteiger partial charge in [0.25, 0.3) is 0 Å². The van der Waals surface area contributed by atoms with Crippen LogP contribution in [0.1, 0.15) is 29.8 Å². The van der Waals surface area contributed by atoms with Crippen molar-refractivity contribution in [2.75, 3.05) is 7.11 Å². The topological polar surface area (TPSA) is 35.5 Å². The highest BCUT2D eigenvalue weighted by Gasteiger charge is 2.14. The van der Waals surface area contributed by atoms with E-state index in [1.54, 1.807) is 0 Å². The molecule has 0 aliphatic rings. The molecule has 22 heavy (non-hydrogen) atoms. The highest BCUT2D eigenvalue weighted by atomic mass is 19.1. The minimum Gasteiger partial charge on any atom is -0.493 e. The Labute approximate surface area is 127 Å². The molecule has 5 heteroatoms. The Kier molecular flexibility index (Phi) is 4.75. The van der Waals surface area contributed by atoms with Gasteiger partial charge in [-0.15, -0.1) is 0 Å². The summed E-state index contributed by atoms with van der Waals surface area (Å²) in [7, 11) is 1.43. The van der Waals surface area contributed by atoms with E-state index >= 15 is 0 Å². The molecule has 2 aromatic carbocycles. The van der Waals surface area contributed by atoms with Gasteiger partial charge in [-0.25, -0.2) is 8.78 Å². The average molecular weight is 306 g/mol. The quantitative estimate of drug-likeness (QED) is 0.761. The van der Waals surface area contributed by atoms with Gasteiger partial charge in [0.1, 0.15) is 5.82 Å².